The minimum Gasteiger partial charge on any atom is -0.496 e. The summed E-state index contributed by atoms with van der Waals surface area (Å²) in [6, 6.07) is 22.2. The zero-order valence-corrected chi connectivity index (χ0v) is 18.1. The number of hydrogen-bond acceptors (Lipinski definition) is 5. The van der Waals surface area contributed by atoms with Gasteiger partial charge in [0, 0.05) is 30.9 Å². The number of rotatable bonds is 5. The van der Waals surface area contributed by atoms with Gasteiger partial charge in [0.2, 0.25) is 0 Å². The number of aromatic nitrogens is 1. The quantitative estimate of drug-likeness (QED) is 0.479. The van der Waals surface area contributed by atoms with Crippen LogP contribution < -0.4 is 10.1 Å². The molecule has 0 aliphatic carbocycles. The Morgan fingerprint density at radius 1 is 1.10 bits per heavy atom. The first-order chi connectivity index (χ1) is 15.2. The third kappa shape index (κ3) is 4.17. The van der Waals surface area contributed by atoms with Crippen molar-refractivity contribution in [3.8, 4) is 5.75 Å². The van der Waals surface area contributed by atoms with Crippen LogP contribution in [0.5, 0.6) is 5.75 Å². The van der Waals surface area contributed by atoms with Crippen LogP contribution in [0, 0.1) is 0 Å². The number of thiazole rings is 1. The van der Waals surface area contributed by atoms with Gasteiger partial charge in [-0.2, -0.15) is 0 Å². The molecule has 31 heavy (non-hydrogen) atoms. The van der Waals surface area contributed by atoms with Gasteiger partial charge >= 0.3 is 0 Å². The Labute approximate surface area is 185 Å². The Kier molecular flexibility index (Phi) is 5.40. The number of fused-ring (bicyclic) bond motifs is 2. The van der Waals surface area contributed by atoms with E-state index in [1.807, 2.05) is 42.5 Å². The van der Waals surface area contributed by atoms with E-state index in [9.17, 15) is 4.79 Å². The minimum absolute atomic E-state index is 0.199. The van der Waals surface area contributed by atoms with Crippen molar-refractivity contribution in [3.05, 3.63) is 88.4 Å². The van der Waals surface area contributed by atoms with Crippen LogP contribution in [0.1, 0.15) is 26.5 Å². The van der Waals surface area contributed by atoms with Gasteiger partial charge in [-0.05, 0) is 28.5 Å². The van der Waals surface area contributed by atoms with E-state index in [4.69, 9.17) is 9.72 Å². The van der Waals surface area contributed by atoms with Crippen molar-refractivity contribution >= 4 is 33.1 Å². The Morgan fingerprint density at radius 2 is 1.84 bits per heavy atom. The highest BCUT2D eigenvalue weighted by Gasteiger charge is 2.22. The number of hydrogen-bond donors (Lipinski definition) is 1. The van der Waals surface area contributed by atoms with E-state index in [-0.39, 0.29) is 5.91 Å². The first-order valence-corrected chi connectivity index (χ1v) is 11.1. The maximum Gasteiger partial charge on any atom is 0.261 e. The zero-order chi connectivity index (χ0) is 21.2. The normalized spacial score (nSPS) is 13.7. The standard InChI is InChI=1S/C25H23N3O2S/c1-30-22-14-19-10-6-5-9-18(19)13-20(22)24(29)27-25-26-21-11-12-28(16-23(21)31-25)15-17-7-3-2-4-8-17/h2-10,13-14H,11-12,15-16H2,1H3,(H,26,27,29). The summed E-state index contributed by atoms with van der Waals surface area (Å²) >= 11 is 1.56. The SMILES string of the molecule is COc1cc2ccccc2cc1C(=O)Nc1nc2c(s1)CN(Cc1ccccc1)CC2. The molecule has 0 spiro atoms. The van der Waals surface area contributed by atoms with E-state index in [1.54, 1.807) is 18.4 Å². The lowest BCUT2D eigenvalue weighted by molar-refractivity contribution is 0.102. The maximum absolute atomic E-state index is 13.0. The first-order valence-electron chi connectivity index (χ1n) is 10.3. The number of carbonyl (C=O) groups is 1. The van der Waals surface area contributed by atoms with Crippen molar-refractivity contribution in [2.24, 2.45) is 0 Å². The summed E-state index contributed by atoms with van der Waals surface area (Å²) in [5.74, 6) is 0.362. The van der Waals surface area contributed by atoms with Crippen LogP contribution in [-0.2, 0) is 19.5 Å². The number of ether oxygens (including phenoxy) is 1. The molecule has 5 nitrogen and oxygen atoms in total. The molecule has 6 heteroatoms. The number of benzene rings is 3. The molecule has 1 aliphatic heterocycles. The number of nitrogens with one attached hydrogen (secondary N) is 1. The Balaban J connectivity index is 1.33. The molecule has 1 N–H and O–H groups in total. The summed E-state index contributed by atoms with van der Waals surface area (Å²) in [5, 5.41) is 5.68. The van der Waals surface area contributed by atoms with Gasteiger partial charge in [-0.25, -0.2) is 4.98 Å². The van der Waals surface area contributed by atoms with E-state index >= 15 is 0 Å². The van der Waals surface area contributed by atoms with Crippen LogP contribution in [0.15, 0.2) is 66.7 Å². The lowest BCUT2D eigenvalue weighted by Gasteiger charge is -2.25. The van der Waals surface area contributed by atoms with Crippen molar-refractivity contribution in [2.75, 3.05) is 19.0 Å². The molecule has 5 rings (SSSR count). The van der Waals surface area contributed by atoms with Crippen molar-refractivity contribution in [3.63, 3.8) is 0 Å². The number of amides is 1. The summed E-state index contributed by atoms with van der Waals surface area (Å²) in [4.78, 5) is 21.4. The fourth-order valence-corrected chi connectivity index (χ4v) is 5.05. The maximum atomic E-state index is 13.0. The smallest absolute Gasteiger partial charge is 0.261 e. The van der Waals surface area contributed by atoms with Crippen molar-refractivity contribution in [1.29, 1.82) is 0 Å². The number of anilines is 1. The summed E-state index contributed by atoms with van der Waals surface area (Å²) in [5.41, 5.74) is 2.92. The van der Waals surface area contributed by atoms with Crippen molar-refractivity contribution in [1.82, 2.24) is 9.88 Å². The van der Waals surface area contributed by atoms with Gasteiger partial charge in [0.1, 0.15) is 5.75 Å². The zero-order valence-electron chi connectivity index (χ0n) is 17.3. The molecule has 4 aromatic rings. The third-order valence-corrected chi connectivity index (χ3v) is 6.59. The lowest BCUT2D eigenvalue weighted by atomic mass is 10.1. The molecule has 0 fully saturated rings. The molecule has 1 aromatic heterocycles. The van der Waals surface area contributed by atoms with E-state index < -0.39 is 0 Å². The molecule has 0 radical (unpaired) electrons. The predicted molar refractivity (Wildman–Crippen MR) is 125 cm³/mol. The van der Waals surface area contributed by atoms with Crippen LogP contribution in [0.3, 0.4) is 0 Å². The number of methoxy groups -OCH3 is 1. The van der Waals surface area contributed by atoms with E-state index in [0.717, 1.165) is 42.5 Å². The number of carbonyl (C=O) groups excluding carboxylic acids is 1. The molecular weight excluding hydrogens is 406 g/mol. The average Bonchev–Trinajstić information content (AvgIpc) is 3.20. The molecule has 1 amide bonds. The molecule has 0 saturated heterocycles. The Hall–Kier alpha value is -3.22. The average molecular weight is 430 g/mol. The van der Waals surface area contributed by atoms with Crippen molar-refractivity contribution in [2.45, 2.75) is 19.5 Å². The van der Waals surface area contributed by atoms with Crippen LogP contribution in [0.2, 0.25) is 0 Å². The third-order valence-electron chi connectivity index (χ3n) is 5.59. The topological polar surface area (TPSA) is 54.5 Å². The van der Waals surface area contributed by atoms with Crippen molar-refractivity contribution < 1.29 is 9.53 Å². The molecule has 0 saturated carbocycles. The second-order valence-corrected chi connectivity index (χ2v) is 8.77. The van der Waals surface area contributed by atoms with Gasteiger partial charge in [-0.1, -0.05) is 54.6 Å². The Morgan fingerprint density at radius 3 is 2.61 bits per heavy atom. The highest BCUT2D eigenvalue weighted by Crippen LogP contribution is 2.31. The molecular formula is C25H23N3O2S. The summed E-state index contributed by atoms with van der Waals surface area (Å²) in [6.45, 7) is 2.75. The van der Waals surface area contributed by atoms with E-state index in [2.05, 4.69) is 34.5 Å². The molecule has 2 heterocycles. The van der Waals surface area contributed by atoms with Gasteiger partial charge in [0.05, 0.1) is 18.4 Å². The monoisotopic (exact) mass is 429 g/mol. The van der Waals surface area contributed by atoms with Crippen LogP contribution in [-0.4, -0.2) is 29.4 Å². The fraction of sp³-hybridized carbons (Fsp3) is 0.200. The van der Waals surface area contributed by atoms with Crippen LogP contribution in [0.25, 0.3) is 10.8 Å². The van der Waals surface area contributed by atoms with E-state index in [0.29, 0.717) is 16.4 Å². The van der Waals surface area contributed by atoms with E-state index in [1.165, 1.54) is 10.4 Å². The van der Waals surface area contributed by atoms with Gasteiger partial charge in [-0.15, -0.1) is 11.3 Å². The molecule has 3 aromatic carbocycles. The van der Waals surface area contributed by atoms with Crippen LogP contribution >= 0.6 is 11.3 Å². The lowest BCUT2D eigenvalue weighted by Crippen LogP contribution is -2.29. The highest BCUT2D eigenvalue weighted by atomic mass is 32.1. The molecule has 1 aliphatic rings. The molecule has 0 atom stereocenters. The fourth-order valence-electron chi connectivity index (χ4n) is 4.01. The largest absolute Gasteiger partial charge is 0.496 e. The van der Waals surface area contributed by atoms with Gasteiger partial charge in [0.15, 0.2) is 5.13 Å². The highest BCUT2D eigenvalue weighted by molar-refractivity contribution is 7.15. The summed E-state index contributed by atoms with van der Waals surface area (Å²) in [6.07, 6.45) is 0.897. The first kappa shape index (κ1) is 19.7. The van der Waals surface area contributed by atoms with Crippen LogP contribution in [0.4, 0.5) is 5.13 Å². The number of nitrogens with zero attached hydrogens (tertiary/aromatic N) is 2. The molecule has 0 unspecified atom stereocenters. The minimum atomic E-state index is -0.199. The second kappa shape index (κ2) is 8.49. The van der Waals surface area contributed by atoms with Gasteiger partial charge in [-0.3, -0.25) is 15.0 Å². The van der Waals surface area contributed by atoms with Gasteiger partial charge in [0.25, 0.3) is 5.91 Å². The molecule has 156 valence electrons. The van der Waals surface area contributed by atoms with Gasteiger partial charge < -0.3 is 4.74 Å². The second-order valence-electron chi connectivity index (χ2n) is 7.69. The predicted octanol–water partition coefficient (Wildman–Crippen LogP) is 5.12. The summed E-state index contributed by atoms with van der Waals surface area (Å²) in [7, 11) is 1.59. The molecule has 0 bridgehead atoms. The Bertz CT molecular complexity index is 1240. The summed E-state index contributed by atoms with van der Waals surface area (Å²) < 4.78 is 5.48.